The third-order valence-electron chi connectivity index (χ3n) is 5.44. The van der Waals surface area contributed by atoms with Gasteiger partial charge in [0.15, 0.2) is 0 Å². The first kappa shape index (κ1) is 20.0. The van der Waals surface area contributed by atoms with Crippen molar-refractivity contribution in [1.29, 1.82) is 0 Å². The second-order valence-corrected chi connectivity index (χ2v) is 8.77. The number of ether oxygens (including phenoxy) is 1. The molecule has 0 heterocycles. The van der Waals surface area contributed by atoms with Gasteiger partial charge in [-0.25, -0.2) is 0 Å². The van der Waals surface area contributed by atoms with Crippen molar-refractivity contribution in [2.45, 2.75) is 64.7 Å². The Hall–Kier alpha value is -1.74. The molecule has 2 nitrogen and oxygen atoms in total. The van der Waals surface area contributed by atoms with Gasteiger partial charge in [0.25, 0.3) is 0 Å². The van der Waals surface area contributed by atoms with Crippen LogP contribution < -0.4 is 4.74 Å². The molecule has 3 rings (SSSR count). The number of hydrogen-bond acceptors (Lipinski definition) is 3. The summed E-state index contributed by atoms with van der Waals surface area (Å²) in [6.45, 7) is 8.68. The van der Waals surface area contributed by atoms with Gasteiger partial charge in [0.05, 0.1) is 11.1 Å². The maximum absolute atomic E-state index is 6.02. The molecule has 3 heteroatoms. The van der Waals surface area contributed by atoms with Crippen molar-refractivity contribution < 1.29 is 4.74 Å². The number of thioether (sulfide) groups is 1. The molecule has 1 aliphatic carbocycles. The highest BCUT2D eigenvalue weighted by Crippen LogP contribution is 2.37. The maximum atomic E-state index is 6.02. The zero-order valence-corrected chi connectivity index (χ0v) is 18.0. The SMILES string of the molecule is CCC(C)Oc1ccc(C(=NC)SC(C)c2cccc3c2CCC3)cc1C. The van der Waals surface area contributed by atoms with Gasteiger partial charge in [-0.2, -0.15) is 0 Å². The summed E-state index contributed by atoms with van der Waals surface area (Å²) < 4.78 is 6.02. The minimum Gasteiger partial charge on any atom is -0.490 e. The number of aryl methyl sites for hydroxylation is 2. The third kappa shape index (κ3) is 4.57. The number of nitrogens with zero attached hydrogens (tertiary/aromatic N) is 1. The summed E-state index contributed by atoms with van der Waals surface area (Å²) in [6.07, 6.45) is 4.98. The number of aliphatic imine (C=N–C) groups is 1. The first-order valence-corrected chi connectivity index (χ1v) is 10.9. The van der Waals surface area contributed by atoms with Crippen LogP contribution in [0.3, 0.4) is 0 Å². The molecule has 0 bridgehead atoms. The molecular formula is C24H31NOS. The highest BCUT2D eigenvalue weighted by atomic mass is 32.2. The van der Waals surface area contributed by atoms with Crippen LogP contribution in [-0.2, 0) is 12.8 Å². The van der Waals surface area contributed by atoms with Crippen LogP contribution in [0.2, 0.25) is 0 Å². The Morgan fingerprint density at radius 1 is 1.19 bits per heavy atom. The molecule has 0 fully saturated rings. The van der Waals surface area contributed by atoms with Gasteiger partial charge in [-0.05, 0) is 86.9 Å². The molecule has 0 N–H and O–H groups in total. The van der Waals surface area contributed by atoms with E-state index in [0.717, 1.165) is 17.2 Å². The zero-order valence-electron chi connectivity index (χ0n) is 17.2. The normalized spacial score (nSPS) is 16.1. The topological polar surface area (TPSA) is 21.6 Å². The summed E-state index contributed by atoms with van der Waals surface area (Å²) in [5.41, 5.74) is 6.93. The van der Waals surface area contributed by atoms with E-state index < -0.39 is 0 Å². The first-order chi connectivity index (χ1) is 13.0. The van der Waals surface area contributed by atoms with Gasteiger partial charge in [-0.1, -0.05) is 36.9 Å². The molecule has 0 saturated carbocycles. The van der Waals surface area contributed by atoms with E-state index in [0.29, 0.717) is 5.25 Å². The Morgan fingerprint density at radius 2 is 2.00 bits per heavy atom. The minimum atomic E-state index is 0.239. The summed E-state index contributed by atoms with van der Waals surface area (Å²) in [5.74, 6) is 0.975. The largest absolute Gasteiger partial charge is 0.490 e. The summed E-state index contributed by atoms with van der Waals surface area (Å²) in [4.78, 5) is 4.60. The smallest absolute Gasteiger partial charge is 0.122 e. The second-order valence-electron chi connectivity index (χ2n) is 7.44. The lowest BCUT2D eigenvalue weighted by Gasteiger charge is -2.18. The van der Waals surface area contributed by atoms with E-state index in [4.69, 9.17) is 4.74 Å². The molecule has 0 amide bonds. The van der Waals surface area contributed by atoms with Crippen molar-refractivity contribution >= 4 is 16.8 Å². The summed E-state index contributed by atoms with van der Waals surface area (Å²) in [6, 6.07) is 13.2. The maximum Gasteiger partial charge on any atom is 0.122 e. The number of benzene rings is 2. The Morgan fingerprint density at radius 3 is 2.70 bits per heavy atom. The second kappa shape index (κ2) is 8.97. The molecular weight excluding hydrogens is 350 g/mol. The Kier molecular flexibility index (Phi) is 6.64. The van der Waals surface area contributed by atoms with E-state index in [1.165, 1.54) is 41.5 Å². The van der Waals surface area contributed by atoms with E-state index in [1.54, 1.807) is 5.56 Å². The van der Waals surface area contributed by atoms with E-state index in [9.17, 15) is 0 Å². The Balaban J connectivity index is 1.78. The van der Waals surface area contributed by atoms with Crippen LogP contribution in [0.15, 0.2) is 41.4 Å². The first-order valence-electron chi connectivity index (χ1n) is 10.0. The molecule has 27 heavy (non-hydrogen) atoms. The van der Waals surface area contributed by atoms with Crippen LogP contribution in [0.25, 0.3) is 0 Å². The van der Waals surface area contributed by atoms with Crippen LogP contribution in [0.1, 0.15) is 66.7 Å². The van der Waals surface area contributed by atoms with E-state index in [-0.39, 0.29) is 6.10 Å². The number of fused-ring (bicyclic) bond motifs is 1. The lowest BCUT2D eigenvalue weighted by atomic mass is 10.0. The van der Waals surface area contributed by atoms with Crippen LogP contribution in [-0.4, -0.2) is 18.2 Å². The van der Waals surface area contributed by atoms with E-state index in [1.807, 2.05) is 18.8 Å². The van der Waals surface area contributed by atoms with Crippen molar-refractivity contribution in [3.05, 3.63) is 64.2 Å². The lowest BCUT2D eigenvalue weighted by Crippen LogP contribution is -2.11. The van der Waals surface area contributed by atoms with Gasteiger partial charge >= 0.3 is 0 Å². The molecule has 0 aromatic heterocycles. The van der Waals surface area contributed by atoms with Crippen LogP contribution in [0.5, 0.6) is 5.75 Å². The average Bonchev–Trinajstić information content (AvgIpc) is 3.16. The fourth-order valence-electron chi connectivity index (χ4n) is 3.73. The van der Waals surface area contributed by atoms with Gasteiger partial charge in [-0.3, -0.25) is 4.99 Å². The average molecular weight is 382 g/mol. The predicted octanol–water partition coefficient (Wildman–Crippen LogP) is 6.53. The molecule has 144 valence electrons. The summed E-state index contributed by atoms with van der Waals surface area (Å²) in [7, 11) is 1.89. The predicted molar refractivity (Wildman–Crippen MR) is 118 cm³/mol. The molecule has 0 spiro atoms. The van der Waals surface area contributed by atoms with Crippen molar-refractivity contribution in [2.24, 2.45) is 4.99 Å². The van der Waals surface area contributed by atoms with Gasteiger partial charge in [0.2, 0.25) is 0 Å². The monoisotopic (exact) mass is 381 g/mol. The van der Waals surface area contributed by atoms with Crippen molar-refractivity contribution in [2.75, 3.05) is 7.05 Å². The van der Waals surface area contributed by atoms with Gasteiger partial charge < -0.3 is 4.74 Å². The molecule has 0 aliphatic heterocycles. The Bertz CT molecular complexity index is 827. The van der Waals surface area contributed by atoms with Gasteiger partial charge in [0, 0.05) is 17.9 Å². The molecule has 0 saturated heterocycles. The van der Waals surface area contributed by atoms with Crippen LogP contribution >= 0.6 is 11.8 Å². The molecule has 2 unspecified atom stereocenters. The number of rotatable bonds is 6. The highest BCUT2D eigenvalue weighted by molar-refractivity contribution is 8.14. The lowest BCUT2D eigenvalue weighted by molar-refractivity contribution is 0.216. The summed E-state index contributed by atoms with van der Waals surface area (Å²) >= 11 is 1.86. The molecule has 1 aliphatic rings. The van der Waals surface area contributed by atoms with Gasteiger partial charge in [-0.15, -0.1) is 0 Å². The van der Waals surface area contributed by atoms with Crippen molar-refractivity contribution in [3.63, 3.8) is 0 Å². The highest BCUT2D eigenvalue weighted by Gasteiger charge is 2.20. The fourth-order valence-corrected chi connectivity index (χ4v) is 4.78. The molecule has 2 atom stereocenters. The number of hydrogen-bond donors (Lipinski definition) is 0. The molecule has 2 aromatic carbocycles. The third-order valence-corrected chi connectivity index (χ3v) is 6.69. The van der Waals surface area contributed by atoms with Crippen LogP contribution in [0.4, 0.5) is 0 Å². The van der Waals surface area contributed by atoms with E-state index >= 15 is 0 Å². The molecule has 2 aromatic rings. The molecule has 0 radical (unpaired) electrons. The summed E-state index contributed by atoms with van der Waals surface area (Å²) in [5, 5.41) is 1.49. The van der Waals surface area contributed by atoms with E-state index in [2.05, 4.69) is 69.1 Å². The van der Waals surface area contributed by atoms with Gasteiger partial charge in [0.1, 0.15) is 5.75 Å². The fraction of sp³-hybridized carbons (Fsp3) is 0.458. The quantitative estimate of drug-likeness (QED) is 0.419. The van der Waals surface area contributed by atoms with Crippen LogP contribution in [0, 0.1) is 6.92 Å². The minimum absolute atomic E-state index is 0.239. The standard InChI is InChI=1S/C24H31NOS/c1-6-17(3)26-23-14-13-20(15-16(23)2)24(25-5)27-18(4)21-11-7-9-19-10-8-12-22(19)21/h7,9,11,13-15,17-18H,6,8,10,12H2,1-5H3. The van der Waals surface area contributed by atoms with Crippen molar-refractivity contribution in [1.82, 2.24) is 0 Å². The zero-order chi connectivity index (χ0) is 19.4. The van der Waals surface area contributed by atoms with Crippen molar-refractivity contribution in [3.8, 4) is 5.75 Å². The Labute approximate surface area is 168 Å².